The van der Waals surface area contributed by atoms with Crippen molar-refractivity contribution in [1.29, 1.82) is 0 Å². The quantitative estimate of drug-likeness (QED) is 0.903. The van der Waals surface area contributed by atoms with Gasteiger partial charge in [-0.1, -0.05) is 0 Å². The van der Waals surface area contributed by atoms with Crippen LogP contribution in [0.1, 0.15) is 11.6 Å². The third-order valence-corrected chi connectivity index (χ3v) is 3.27. The van der Waals surface area contributed by atoms with Crippen molar-refractivity contribution in [2.75, 3.05) is 19.0 Å². The lowest BCUT2D eigenvalue weighted by molar-refractivity contribution is 0.338. The summed E-state index contributed by atoms with van der Waals surface area (Å²) in [5.41, 5.74) is 1.59. The molecule has 2 N–H and O–H groups in total. The molecular weight excluding hydrogens is 261 g/mol. The van der Waals surface area contributed by atoms with E-state index in [1.54, 1.807) is 30.3 Å². The van der Waals surface area contributed by atoms with Gasteiger partial charge in [0.2, 0.25) is 0 Å². The zero-order valence-corrected chi connectivity index (χ0v) is 10.9. The summed E-state index contributed by atoms with van der Waals surface area (Å²) >= 11 is 0. The van der Waals surface area contributed by atoms with Crippen molar-refractivity contribution < 1.29 is 19.0 Å². The van der Waals surface area contributed by atoms with Crippen molar-refractivity contribution in [3.8, 4) is 17.2 Å². The maximum atomic E-state index is 13.6. The molecule has 20 heavy (non-hydrogen) atoms. The van der Waals surface area contributed by atoms with Crippen molar-refractivity contribution >= 4 is 5.69 Å². The zero-order chi connectivity index (χ0) is 14.1. The van der Waals surface area contributed by atoms with Gasteiger partial charge in [-0.05, 0) is 24.3 Å². The minimum absolute atomic E-state index is 0.0709. The Bertz CT molecular complexity index is 645. The molecule has 1 heterocycles. The van der Waals surface area contributed by atoms with Gasteiger partial charge >= 0.3 is 0 Å². The molecule has 0 saturated heterocycles. The van der Waals surface area contributed by atoms with Crippen LogP contribution in [0.5, 0.6) is 17.2 Å². The highest BCUT2D eigenvalue weighted by atomic mass is 19.1. The number of aromatic hydroxyl groups is 1. The average molecular weight is 275 g/mol. The Morgan fingerprint density at radius 3 is 2.90 bits per heavy atom. The largest absolute Gasteiger partial charge is 0.508 e. The summed E-state index contributed by atoms with van der Waals surface area (Å²) in [5.74, 6) is 0.613. The molecule has 0 spiro atoms. The molecule has 2 aromatic rings. The minimum atomic E-state index is -0.414. The van der Waals surface area contributed by atoms with Crippen LogP contribution in [0.4, 0.5) is 10.1 Å². The Morgan fingerprint density at radius 2 is 2.15 bits per heavy atom. The van der Waals surface area contributed by atoms with Gasteiger partial charge in [0.1, 0.15) is 18.1 Å². The summed E-state index contributed by atoms with van der Waals surface area (Å²) in [6.07, 6.45) is 0. The van der Waals surface area contributed by atoms with E-state index in [1.807, 2.05) is 0 Å². The van der Waals surface area contributed by atoms with Gasteiger partial charge in [-0.25, -0.2) is 4.39 Å². The van der Waals surface area contributed by atoms with Crippen molar-refractivity contribution in [3.05, 3.63) is 47.8 Å². The Balaban J connectivity index is 1.82. The Hall–Kier alpha value is -2.43. The normalized spacial score (nSPS) is 16.4. The molecule has 0 radical (unpaired) electrons. The minimum Gasteiger partial charge on any atom is -0.508 e. The van der Waals surface area contributed by atoms with E-state index in [-0.39, 0.29) is 17.5 Å². The van der Waals surface area contributed by atoms with Crippen LogP contribution in [0, 0.1) is 5.82 Å². The molecule has 0 saturated carbocycles. The second kappa shape index (κ2) is 4.92. The molecule has 1 unspecified atom stereocenters. The average Bonchev–Trinajstić information content (AvgIpc) is 2.81. The van der Waals surface area contributed by atoms with E-state index in [1.165, 1.54) is 13.2 Å². The highest BCUT2D eigenvalue weighted by Gasteiger charge is 2.24. The summed E-state index contributed by atoms with van der Waals surface area (Å²) in [5, 5.41) is 12.6. The van der Waals surface area contributed by atoms with Crippen molar-refractivity contribution in [2.45, 2.75) is 6.04 Å². The van der Waals surface area contributed by atoms with E-state index in [4.69, 9.17) is 9.47 Å². The highest BCUT2D eigenvalue weighted by Crippen LogP contribution is 2.37. The van der Waals surface area contributed by atoms with Gasteiger partial charge in [0.25, 0.3) is 0 Å². The number of rotatable bonds is 3. The highest BCUT2D eigenvalue weighted by molar-refractivity contribution is 5.53. The molecule has 3 rings (SSSR count). The smallest absolute Gasteiger partial charge is 0.167 e. The molecule has 0 aromatic heterocycles. The number of phenolic OH excluding ortho intramolecular Hbond substituents is 1. The number of nitrogens with one attached hydrogen (secondary N) is 1. The lowest BCUT2D eigenvalue weighted by atomic mass is 10.1. The van der Waals surface area contributed by atoms with Crippen LogP contribution in [-0.2, 0) is 0 Å². The Labute approximate surface area is 115 Å². The van der Waals surface area contributed by atoms with Crippen molar-refractivity contribution in [1.82, 2.24) is 0 Å². The molecule has 2 aromatic carbocycles. The van der Waals surface area contributed by atoms with Gasteiger partial charge < -0.3 is 19.9 Å². The van der Waals surface area contributed by atoms with E-state index in [2.05, 4.69) is 5.32 Å². The molecule has 1 aliphatic heterocycles. The van der Waals surface area contributed by atoms with Gasteiger partial charge in [0.15, 0.2) is 11.6 Å². The SMILES string of the molecule is COc1ccc(NC2COc3cc(O)ccc32)cc1F. The lowest BCUT2D eigenvalue weighted by Gasteiger charge is -2.14. The molecule has 0 aliphatic carbocycles. The van der Waals surface area contributed by atoms with Gasteiger partial charge in [0, 0.05) is 23.4 Å². The van der Waals surface area contributed by atoms with Gasteiger partial charge in [0.05, 0.1) is 13.2 Å². The van der Waals surface area contributed by atoms with Gasteiger partial charge in [-0.2, -0.15) is 0 Å². The number of halogens is 1. The van der Waals surface area contributed by atoms with Crippen LogP contribution in [0.2, 0.25) is 0 Å². The number of fused-ring (bicyclic) bond motifs is 1. The topological polar surface area (TPSA) is 50.7 Å². The van der Waals surface area contributed by atoms with E-state index in [9.17, 15) is 9.50 Å². The van der Waals surface area contributed by atoms with E-state index in [0.29, 0.717) is 18.0 Å². The summed E-state index contributed by atoms with van der Waals surface area (Å²) in [7, 11) is 1.43. The predicted octanol–water partition coefficient (Wildman–Crippen LogP) is 3.09. The van der Waals surface area contributed by atoms with Crippen LogP contribution >= 0.6 is 0 Å². The third kappa shape index (κ3) is 2.22. The van der Waals surface area contributed by atoms with E-state index in [0.717, 1.165) is 5.56 Å². The number of methoxy groups -OCH3 is 1. The lowest BCUT2D eigenvalue weighted by Crippen LogP contribution is -2.12. The zero-order valence-electron chi connectivity index (χ0n) is 10.9. The molecule has 1 atom stereocenters. The fourth-order valence-electron chi connectivity index (χ4n) is 2.28. The molecule has 0 fully saturated rings. The number of hydrogen-bond acceptors (Lipinski definition) is 4. The first-order valence-electron chi connectivity index (χ1n) is 6.23. The third-order valence-electron chi connectivity index (χ3n) is 3.27. The van der Waals surface area contributed by atoms with Gasteiger partial charge in [-0.15, -0.1) is 0 Å². The number of hydrogen-bond donors (Lipinski definition) is 2. The molecular formula is C15H14FNO3. The summed E-state index contributed by atoms with van der Waals surface area (Å²) in [6, 6.07) is 9.62. The second-order valence-corrected chi connectivity index (χ2v) is 4.58. The number of benzene rings is 2. The fourth-order valence-corrected chi connectivity index (χ4v) is 2.28. The van der Waals surface area contributed by atoms with Crippen molar-refractivity contribution in [2.24, 2.45) is 0 Å². The first kappa shape index (κ1) is 12.6. The van der Waals surface area contributed by atoms with Crippen LogP contribution < -0.4 is 14.8 Å². The maximum Gasteiger partial charge on any atom is 0.167 e. The predicted molar refractivity (Wildman–Crippen MR) is 72.9 cm³/mol. The molecule has 0 amide bonds. The van der Waals surface area contributed by atoms with E-state index < -0.39 is 5.82 Å². The second-order valence-electron chi connectivity index (χ2n) is 4.58. The van der Waals surface area contributed by atoms with Crippen LogP contribution in [-0.4, -0.2) is 18.8 Å². The van der Waals surface area contributed by atoms with Gasteiger partial charge in [-0.3, -0.25) is 0 Å². The fraction of sp³-hybridized carbons (Fsp3) is 0.200. The monoisotopic (exact) mass is 275 g/mol. The maximum absolute atomic E-state index is 13.6. The van der Waals surface area contributed by atoms with E-state index >= 15 is 0 Å². The van der Waals surface area contributed by atoms with Crippen LogP contribution in [0.15, 0.2) is 36.4 Å². The summed E-state index contributed by atoms with van der Waals surface area (Å²) in [6.45, 7) is 0.437. The van der Waals surface area contributed by atoms with Crippen LogP contribution in [0.3, 0.4) is 0 Å². The molecule has 5 heteroatoms. The number of anilines is 1. The summed E-state index contributed by atoms with van der Waals surface area (Å²) < 4.78 is 24.0. The van der Waals surface area contributed by atoms with Crippen LogP contribution in [0.25, 0.3) is 0 Å². The Morgan fingerprint density at radius 1 is 1.30 bits per heavy atom. The first-order valence-corrected chi connectivity index (χ1v) is 6.23. The molecule has 0 bridgehead atoms. The number of ether oxygens (including phenoxy) is 2. The van der Waals surface area contributed by atoms with Crippen molar-refractivity contribution in [3.63, 3.8) is 0 Å². The molecule has 1 aliphatic rings. The molecule has 4 nitrogen and oxygen atoms in total. The Kier molecular flexibility index (Phi) is 3.10. The number of phenols is 1. The summed E-state index contributed by atoms with van der Waals surface area (Å²) in [4.78, 5) is 0. The standard InChI is InChI=1S/C15H14FNO3/c1-19-14-5-2-9(6-12(14)16)17-13-8-20-15-7-10(18)3-4-11(13)15/h2-7,13,17-18H,8H2,1H3. The molecule has 104 valence electrons. The first-order chi connectivity index (χ1) is 9.67.